The molecule has 18 aromatic rings. The van der Waals surface area contributed by atoms with Crippen molar-refractivity contribution in [3.63, 3.8) is 0 Å². The predicted molar refractivity (Wildman–Crippen MR) is 569 cm³/mol. The van der Waals surface area contributed by atoms with Gasteiger partial charge < -0.3 is 86.1 Å². The van der Waals surface area contributed by atoms with Crippen LogP contribution in [0.4, 0.5) is 86.9 Å². The van der Waals surface area contributed by atoms with E-state index in [1.807, 2.05) is 179 Å². The Morgan fingerprint density at radius 1 is 0.404 bits per heavy atom. The molecule has 4 amide bonds. The first kappa shape index (κ1) is 103. The maximum absolute atomic E-state index is 15.9. The van der Waals surface area contributed by atoms with Crippen molar-refractivity contribution in [3.05, 3.63) is 340 Å². The molecule has 0 saturated carbocycles. The lowest BCUT2D eigenvalue weighted by molar-refractivity contribution is -0.112. The third-order valence-corrected chi connectivity index (χ3v) is 23.7. The van der Waals surface area contributed by atoms with Crippen LogP contribution in [0.1, 0.15) is 39.6 Å². The minimum atomic E-state index is -3.53. The Hall–Kier alpha value is -17.2. The van der Waals surface area contributed by atoms with Crippen molar-refractivity contribution in [1.29, 1.82) is 0 Å². The molecule has 0 fully saturated rings. The number of methoxy groups -OCH3 is 2. The van der Waals surface area contributed by atoms with E-state index >= 15 is 17.6 Å². The minimum absolute atomic E-state index is 0.0113. The van der Waals surface area contributed by atoms with Gasteiger partial charge >= 0.3 is 11.8 Å². The van der Waals surface area contributed by atoms with Gasteiger partial charge in [-0.15, -0.1) is 0 Å². The standard InChI is InChI=1S/C28H25F2N7O.C27H24F2N8O.C26H26N6O2S.C26H28N6O2S/c1-4-24(38)33-19-7-5-6-18(15-19)28(29,30)25-22-12-13-31-26(22)36-27(35-25)34-20-10-11-23-17(14-20)8-9-21(32-23)16-37(2)3;1-4-22(38)33-18-7-5-6-17(13-18)27(28,29)24-23-25(31-15-30-23)36-26(35-24)34-19-10-11-21-16(12-19)8-9-20(32-21)14-37(2)3;1-5-24(33)29-18-7-6-8-21(14-18)35-25-23(34-4)15-27-26(31-25)30-19-11-12-22-17(13-19)9-10-20(28-22)16-32(2)3;1-5-24(33)28-19-7-6-8-21(16-19)35-25-23(34-4)17-27-26(30-25)29-20-9-10-22-18(15-20)11-12-32(22)14-13-31(2)3/h4-15H,1,16H2,2-3H3,(H,33,38)(H2,31,34,35,36);4-13,15H,1,14H2,2-3H3,(H,33,38)(H2,30,31,34,35,36);5-15H,1,16H2,2-4H3,(H,29,33)(H,27,30,31);5-12,15-17H,1,13-14H2,2-4H3,(H,28,33)(H,27,29,30). The second-order valence-electron chi connectivity index (χ2n) is 34.0. The quantitative estimate of drug-likeness (QED) is 0.0100. The van der Waals surface area contributed by atoms with E-state index in [0.29, 0.717) is 62.7 Å². The number of fused-ring (bicyclic) bond motifs is 6. The summed E-state index contributed by atoms with van der Waals surface area (Å²) in [5, 5.41) is 28.6. The number of amides is 4. The largest absolute Gasteiger partial charge is 0.492 e. The molecule has 0 radical (unpaired) electrons. The summed E-state index contributed by atoms with van der Waals surface area (Å²) >= 11 is 2.84. The van der Waals surface area contributed by atoms with E-state index in [9.17, 15) is 19.2 Å². The molecule has 0 unspecified atom stereocenters. The Kier molecular flexibility index (Phi) is 33.3. The van der Waals surface area contributed by atoms with Crippen LogP contribution in [0.5, 0.6) is 11.5 Å². The van der Waals surface area contributed by atoms with Gasteiger partial charge in [0.25, 0.3) is 0 Å². The molecule has 146 heavy (non-hydrogen) atoms. The average molecular weight is 2000 g/mol. The third kappa shape index (κ3) is 26.8. The van der Waals surface area contributed by atoms with Gasteiger partial charge in [-0.3, -0.25) is 34.1 Å². The Balaban J connectivity index is 0.000000146. The van der Waals surface area contributed by atoms with E-state index in [0.717, 1.165) is 115 Å². The van der Waals surface area contributed by atoms with Gasteiger partial charge in [0.15, 0.2) is 17.1 Å². The number of nitrogens with one attached hydrogen (secondary N) is 10. The number of alkyl halides is 4. The van der Waals surface area contributed by atoms with E-state index in [1.165, 1.54) is 108 Å². The fourth-order valence-corrected chi connectivity index (χ4v) is 16.9. The number of nitrogens with zero attached hydrogens (tertiary/aromatic N) is 17. The summed E-state index contributed by atoms with van der Waals surface area (Å²) in [4.78, 5) is 116. The van der Waals surface area contributed by atoms with Crippen molar-refractivity contribution in [2.75, 3.05) is 120 Å². The number of H-pyrrole nitrogens is 2. The highest BCUT2D eigenvalue weighted by Crippen LogP contribution is 2.44. The zero-order valence-electron chi connectivity index (χ0n) is 81.2. The van der Waals surface area contributed by atoms with Gasteiger partial charge in [-0.2, -0.15) is 27.5 Å². The summed E-state index contributed by atoms with van der Waals surface area (Å²) in [6.07, 6.45) is 12.8. The molecule has 10 N–H and O–H groups in total. The first-order valence-electron chi connectivity index (χ1n) is 45.4. The molecule has 0 atom stereocenters. The highest BCUT2D eigenvalue weighted by atomic mass is 32.2. The van der Waals surface area contributed by atoms with Crippen LogP contribution in [-0.4, -0.2) is 195 Å². The number of rotatable bonds is 35. The molecule has 8 aromatic carbocycles. The molecule has 0 saturated heterocycles. The van der Waals surface area contributed by atoms with E-state index in [2.05, 4.69) is 193 Å². The van der Waals surface area contributed by atoms with Crippen LogP contribution in [0.2, 0.25) is 0 Å². The third-order valence-electron chi connectivity index (χ3n) is 21.8. The molecule has 39 heteroatoms. The maximum Gasteiger partial charge on any atom is 0.317 e. The summed E-state index contributed by atoms with van der Waals surface area (Å²) in [6, 6.07) is 64.6. The number of likely N-dealkylation sites (N-methyl/N-ethyl adjacent to an activating group) is 1. The topological polar surface area (TPSA) is 387 Å². The number of carbonyl (C=O) groups is 4. The van der Waals surface area contributed by atoms with Gasteiger partial charge in [0.05, 0.1) is 66.6 Å². The molecular formula is C107H103F4N27O6S2. The number of pyridine rings is 3. The highest BCUT2D eigenvalue weighted by molar-refractivity contribution is 7.99. The van der Waals surface area contributed by atoms with Crippen molar-refractivity contribution in [2.45, 2.75) is 57.9 Å². The molecule has 18 rings (SSSR count). The minimum Gasteiger partial charge on any atom is -0.492 e. The van der Waals surface area contributed by atoms with Crippen LogP contribution in [0.25, 0.3) is 65.8 Å². The number of hydrogen-bond acceptors (Lipinski definition) is 28. The molecule has 0 aliphatic rings. The van der Waals surface area contributed by atoms with Gasteiger partial charge in [0, 0.05) is 144 Å². The van der Waals surface area contributed by atoms with Gasteiger partial charge in [-0.1, -0.05) is 104 Å². The van der Waals surface area contributed by atoms with E-state index < -0.39 is 35.0 Å². The van der Waals surface area contributed by atoms with Crippen LogP contribution >= 0.6 is 23.5 Å². The van der Waals surface area contributed by atoms with Gasteiger partial charge in [0.1, 0.15) is 32.6 Å². The number of benzene rings is 8. The zero-order chi connectivity index (χ0) is 103. The number of ether oxygens (including phenoxy) is 2. The lowest BCUT2D eigenvalue weighted by Crippen LogP contribution is -2.20. The van der Waals surface area contributed by atoms with E-state index in [4.69, 9.17) is 14.5 Å². The number of anilines is 12. The van der Waals surface area contributed by atoms with E-state index in [-0.39, 0.29) is 68.4 Å². The Morgan fingerprint density at radius 2 is 0.808 bits per heavy atom. The molecule has 10 heterocycles. The van der Waals surface area contributed by atoms with Gasteiger partial charge in [-0.05, 0) is 244 Å². The fraction of sp³-hybridized carbons (Fsp3) is 0.159. The van der Waals surface area contributed by atoms with Crippen LogP contribution in [0.15, 0.2) is 320 Å². The SMILES string of the molecule is C=CC(=O)Nc1cccc(C(F)(F)c2nc(Nc3ccc4nc(CN(C)C)ccc4c3)nc3[nH]ccc23)c1.C=CC(=O)Nc1cccc(C(F)(F)c2nc(Nc3ccc4nc(CN(C)C)ccc4c3)nc3nc[nH]c23)c1.C=CC(=O)Nc1cccc(Sc2nc(Nc3ccc4c(ccn4CCN(C)C)c3)ncc2OC)c1.C=CC(=O)Nc1cccc(Sc2nc(Nc3ccc4nc(CN(C)C)ccc4c3)ncc2OC)c1. The first-order valence-corrected chi connectivity index (χ1v) is 47.1. The molecule has 742 valence electrons. The molecule has 0 bridgehead atoms. The number of aromatic nitrogens is 15. The lowest BCUT2D eigenvalue weighted by atomic mass is 10.0. The van der Waals surface area contributed by atoms with Crippen molar-refractivity contribution in [2.24, 2.45) is 0 Å². The maximum atomic E-state index is 15.9. The summed E-state index contributed by atoms with van der Waals surface area (Å²) in [6.45, 7) is 17.9. The summed E-state index contributed by atoms with van der Waals surface area (Å²) in [5.74, 6) is -6.53. The number of halogens is 4. The van der Waals surface area contributed by atoms with Crippen LogP contribution < -0.4 is 52.0 Å². The normalized spacial score (nSPS) is 11.3. The fourth-order valence-electron chi connectivity index (χ4n) is 15.0. The first-order chi connectivity index (χ1) is 70.3. The Bertz CT molecular complexity index is 7630. The number of carbonyl (C=O) groups excluding carboxylic acids is 4. The molecule has 0 spiro atoms. The van der Waals surface area contributed by atoms with Crippen molar-refractivity contribution >= 4 is 182 Å². The Morgan fingerprint density at radius 3 is 1.24 bits per heavy atom. The van der Waals surface area contributed by atoms with Crippen molar-refractivity contribution < 1.29 is 46.2 Å². The van der Waals surface area contributed by atoms with Crippen molar-refractivity contribution in [3.8, 4) is 11.5 Å². The second kappa shape index (κ2) is 47.1. The predicted octanol–water partition coefficient (Wildman–Crippen LogP) is 20.7. The smallest absolute Gasteiger partial charge is 0.317 e. The summed E-state index contributed by atoms with van der Waals surface area (Å²) in [7, 11) is 19.3. The van der Waals surface area contributed by atoms with Crippen LogP contribution in [-0.2, 0) is 57.2 Å². The summed E-state index contributed by atoms with van der Waals surface area (Å²) in [5.41, 5.74) is 10.1. The van der Waals surface area contributed by atoms with Crippen molar-refractivity contribution in [1.82, 2.24) is 93.9 Å². The van der Waals surface area contributed by atoms with Crippen LogP contribution in [0.3, 0.4) is 0 Å². The molecule has 33 nitrogen and oxygen atoms in total. The number of imidazole rings is 1. The number of aromatic amines is 2. The zero-order valence-corrected chi connectivity index (χ0v) is 82.9. The highest BCUT2D eigenvalue weighted by Gasteiger charge is 2.41. The molecular weight excluding hydrogens is 1900 g/mol. The summed E-state index contributed by atoms with van der Waals surface area (Å²) < 4.78 is 76.6. The second-order valence-corrected chi connectivity index (χ2v) is 36.2. The monoisotopic (exact) mass is 2000 g/mol. The molecule has 0 aliphatic carbocycles. The molecule has 0 aliphatic heterocycles. The average Bonchev–Trinajstić information content (AvgIpc) is 1.57. The lowest BCUT2D eigenvalue weighted by Gasteiger charge is -2.19. The van der Waals surface area contributed by atoms with Gasteiger partial charge in [0.2, 0.25) is 47.4 Å². The van der Waals surface area contributed by atoms with Crippen LogP contribution in [0, 0.1) is 0 Å². The molecule has 10 aromatic heterocycles. The number of hydrogen-bond donors (Lipinski definition) is 10. The van der Waals surface area contributed by atoms with Gasteiger partial charge in [-0.25, -0.2) is 34.9 Å². The van der Waals surface area contributed by atoms with E-state index in [1.54, 1.807) is 38.7 Å². The Labute approximate surface area is 846 Å².